The van der Waals surface area contributed by atoms with Crippen molar-refractivity contribution in [3.63, 3.8) is 0 Å². The fourth-order valence-electron chi connectivity index (χ4n) is 1.38. The number of carbonyl (C=O) groups is 1. The zero-order chi connectivity index (χ0) is 14.8. The monoisotopic (exact) mass is 333 g/mol. The highest BCUT2D eigenvalue weighted by Crippen LogP contribution is 2.21. The standard InChI is InChI=1S/C10H11N3O4S3/c1-6-7(18-4-11-6)3-13-20(15,16)10-8(9(14)17-2)12-5-19-10/h4-5,13H,3H2,1-2H3. The van der Waals surface area contributed by atoms with Gasteiger partial charge >= 0.3 is 5.97 Å². The average Bonchev–Trinajstić information content (AvgIpc) is 3.04. The van der Waals surface area contributed by atoms with Gasteiger partial charge in [0.05, 0.1) is 23.8 Å². The molecule has 0 amide bonds. The molecule has 0 aliphatic carbocycles. The molecular formula is C10H11N3O4S3. The molecule has 0 unspecified atom stereocenters. The van der Waals surface area contributed by atoms with Gasteiger partial charge in [0.1, 0.15) is 0 Å². The van der Waals surface area contributed by atoms with E-state index in [4.69, 9.17) is 0 Å². The minimum absolute atomic E-state index is 0.122. The summed E-state index contributed by atoms with van der Waals surface area (Å²) in [5.41, 5.74) is 3.51. The zero-order valence-corrected chi connectivity index (χ0v) is 13.1. The van der Waals surface area contributed by atoms with Gasteiger partial charge in [-0.15, -0.1) is 22.7 Å². The highest BCUT2D eigenvalue weighted by Gasteiger charge is 2.26. The van der Waals surface area contributed by atoms with Gasteiger partial charge in [-0.1, -0.05) is 0 Å². The number of methoxy groups -OCH3 is 1. The van der Waals surface area contributed by atoms with Gasteiger partial charge in [0, 0.05) is 11.4 Å². The van der Waals surface area contributed by atoms with Crippen LogP contribution in [0.2, 0.25) is 0 Å². The average molecular weight is 333 g/mol. The lowest BCUT2D eigenvalue weighted by molar-refractivity contribution is 0.0590. The van der Waals surface area contributed by atoms with Crippen LogP contribution in [0.1, 0.15) is 21.1 Å². The third-order valence-corrected chi connectivity index (χ3v) is 6.13. The van der Waals surface area contributed by atoms with Crippen LogP contribution in [-0.4, -0.2) is 31.5 Å². The second kappa shape index (κ2) is 5.95. The van der Waals surface area contributed by atoms with Gasteiger partial charge in [-0.2, -0.15) is 0 Å². The van der Waals surface area contributed by atoms with Crippen LogP contribution in [0.25, 0.3) is 0 Å². The predicted octanol–water partition coefficient (Wildman–Crippen LogP) is 1.17. The van der Waals surface area contributed by atoms with E-state index in [1.165, 1.54) is 24.0 Å². The Bertz CT molecular complexity index is 720. The Balaban J connectivity index is 2.21. The highest BCUT2D eigenvalue weighted by molar-refractivity contribution is 7.91. The molecule has 7 nitrogen and oxygen atoms in total. The molecule has 1 N–H and O–H groups in total. The summed E-state index contributed by atoms with van der Waals surface area (Å²) in [6, 6.07) is 0. The van der Waals surface area contributed by atoms with Crippen LogP contribution >= 0.6 is 22.7 Å². The van der Waals surface area contributed by atoms with Crippen molar-refractivity contribution in [3.8, 4) is 0 Å². The van der Waals surface area contributed by atoms with Crippen LogP contribution in [0.5, 0.6) is 0 Å². The van der Waals surface area contributed by atoms with E-state index >= 15 is 0 Å². The number of nitrogens with one attached hydrogen (secondary N) is 1. The molecule has 20 heavy (non-hydrogen) atoms. The highest BCUT2D eigenvalue weighted by atomic mass is 32.2. The number of sulfonamides is 1. The molecule has 0 aromatic carbocycles. The lowest BCUT2D eigenvalue weighted by Crippen LogP contribution is -2.24. The fourth-order valence-corrected chi connectivity index (χ4v) is 4.36. The van der Waals surface area contributed by atoms with Gasteiger partial charge < -0.3 is 4.74 Å². The Kier molecular flexibility index (Phi) is 4.48. The third-order valence-electron chi connectivity index (χ3n) is 2.43. The van der Waals surface area contributed by atoms with Crippen molar-refractivity contribution in [1.82, 2.24) is 14.7 Å². The number of rotatable bonds is 5. The molecule has 2 rings (SSSR count). The van der Waals surface area contributed by atoms with Crippen molar-refractivity contribution in [1.29, 1.82) is 0 Å². The van der Waals surface area contributed by atoms with Crippen LogP contribution in [0, 0.1) is 6.92 Å². The van der Waals surface area contributed by atoms with Crippen molar-refractivity contribution in [2.75, 3.05) is 7.11 Å². The van der Waals surface area contributed by atoms with Gasteiger partial charge in [0.25, 0.3) is 10.0 Å². The number of hydrogen-bond acceptors (Lipinski definition) is 8. The number of aromatic nitrogens is 2. The molecule has 0 spiro atoms. The van der Waals surface area contributed by atoms with Crippen LogP contribution in [0.15, 0.2) is 15.2 Å². The maximum Gasteiger partial charge on any atom is 0.358 e. The Morgan fingerprint density at radius 3 is 2.65 bits per heavy atom. The van der Waals surface area contributed by atoms with E-state index in [9.17, 15) is 13.2 Å². The minimum Gasteiger partial charge on any atom is -0.464 e. The van der Waals surface area contributed by atoms with Gasteiger partial charge in [-0.25, -0.2) is 27.9 Å². The SMILES string of the molecule is COC(=O)c1ncsc1S(=O)(=O)NCc1scnc1C. The van der Waals surface area contributed by atoms with Gasteiger partial charge in [-0.3, -0.25) is 0 Å². The molecule has 0 radical (unpaired) electrons. The van der Waals surface area contributed by atoms with E-state index < -0.39 is 16.0 Å². The Morgan fingerprint density at radius 2 is 2.05 bits per heavy atom. The largest absolute Gasteiger partial charge is 0.464 e. The predicted molar refractivity (Wildman–Crippen MR) is 74.3 cm³/mol. The maximum atomic E-state index is 12.2. The smallest absolute Gasteiger partial charge is 0.358 e. The van der Waals surface area contributed by atoms with Gasteiger partial charge in [0.15, 0.2) is 9.90 Å². The van der Waals surface area contributed by atoms with Crippen LogP contribution < -0.4 is 4.72 Å². The Labute approximate surface area is 123 Å². The summed E-state index contributed by atoms with van der Waals surface area (Å²) in [6.07, 6.45) is 0. The van der Waals surface area contributed by atoms with Crippen molar-refractivity contribution in [2.24, 2.45) is 0 Å². The molecule has 10 heteroatoms. The lowest BCUT2D eigenvalue weighted by Gasteiger charge is -2.05. The number of nitrogens with zero attached hydrogens (tertiary/aromatic N) is 2. The Morgan fingerprint density at radius 1 is 1.35 bits per heavy atom. The van der Waals surface area contributed by atoms with Gasteiger partial charge in [0.2, 0.25) is 0 Å². The molecule has 2 aromatic rings. The first-order chi connectivity index (χ1) is 9.45. The lowest BCUT2D eigenvalue weighted by atomic mass is 10.4. The first-order valence-corrected chi connectivity index (χ1v) is 8.60. The zero-order valence-electron chi connectivity index (χ0n) is 10.6. The van der Waals surface area contributed by atoms with E-state index in [1.54, 1.807) is 12.4 Å². The van der Waals surface area contributed by atoms with Crippen molar-refractivity contribution >= 4 is 38.7 Å². The Hall–Kier alpha value is -1.36. The molecule has 0 fully saturated rings. The summed E-state index contributed by atoms with van der Waals surface area (Å²) >= 11 is 2.23. The molecule has 0 saturated carbocycles. The summed E-state index contributed by atoms with van der Waals surface area (Å²) in [6.45, 7) is 1.92. The quantitative estimate of drug-likeness (QED) is 0.825. The van der Waals surface area contributed by atoms with E-state index in [-0.39, 0.29) is 16.4 Å². The van der Waals surface area contributed by atoms with Crippen molar-refractivity contribution < 1.29 is 17.9 Å². The topological polar surface area (TPSA) is 98.2 Å². The van der Waals surface area contributed by atoms with E-state index in [2.05, 4.69) is 19.4 Å². The van der Waals surface area contributed by atoms with E-state index in [0.717, 1.165) is 21.9 Å². The summed E-state index contributed by atoms with van der Waals surface area (Å²) in [4.78, 5) is 20.0. The maximum absolute atomic E-state index is 12.2. The number of thiazole rings is 2. The first-order valence-electron chi connectivity index (χ1n) is 5.36. The molecule has 2 aromatic heterocycles. The molecule has 2 heterocycles. The molecule has 0 bridgehead atoms. The second-order valence-electron chi connectivity index (χ2n) is 3.67. The first kappa shape index (κ1) is 15.0. The van der Waals surface area contributed by atoms with Crippen molar-refractivity contribution in [2.45, 2.75) is 17.7 Å². The number of aryl methyl sites for hydroxylation is 1. The summed E-state index contributed by atoms with van der Waals surface area (Å²) in [5, 5.41) is 0. The minimum atomic E-state index is -3.81. The summed E-state index contributed by atoms with van der Waals surface area (Å²) < 4.78 is 31.1. The number of carbonyl (C=O) groups excluding carboxylic acids is 1. The second-order valence-corrected chi connectivity index (χ2v) is 7.42. The summed E-state index contributed by atoms with van der Waals surface area (Å²) in [7, 11) is -2.64. The fraction of sp³-hybridized carbons (Fsp3) is 0.300. The number of ether oxygens (including phenoxy) is 1. The molecule has 108 valence electrons. The van der Waals surface area contributed by atoms with E-state index in [1.807, 2.05) is 0 Å². The van der Waals surface area contributed by atoms with Gasteiger partial charge in [-0.05, 0) is 6.92 Å². The number of esters is 1. The normalized spacial score (nSPS) is 11.5. The molecule has 0 aliphatic rings. The molecule has 0 aliphatic heterocycles. The third kappa shape index (κ3) is 3.03. The number of hydrogen-bond donors (Lipinski definition) is 1. The molecular weight excluding hydrogens is 322 g/mol. The van der Waals surface area contributed by atoms with Crippen LogP contribution in [0.4, 0.5) is 0 Å². The van der Waals surface area contributed by atoms with Crippen LogP contribution in [0.3, 0.4) is 0 Å². The van der Waals surface area contributed by atoms with E-state index in [0.29, 0.717) is 0 Å². The summed E-state index contributed by atoms with van der Waals surface area (Å²) in [5.74, 6) is -0.777. The molecule has 0 saturated heterocycles. The molecule has 0 atom stereocenters. The van der Waals surface area contributed by atoms with Crippen molar-refractivity contribution in [3.05, 3.63) is 27.3 Å². The van der Waals surface area contributed by atoms with Crippen LogP contribution in [-0.2, 0) is 21.3 Å².